The SMILES string of the molecule is COC(=O)c1ccn[n+](C(=C=N)C(C#N)=C2c3ccccc3-c3ccccc32)c1. The minimum Gasteiger partial charge on any atom is -0.465 e. The van der Waals surface area contributed by atoms with Gasteiger partial charge in [-0.3, -0.25) is 5.41 Å². The van der Waals surface area contributed by atoms with Gasteiger partial charge in [0, 0.05) is 5.57 Å². The molecule has 0 aliphatic heterocycles. The van der Waals surface area contributed by atoms with Crippen molar-refractivity contribution in [3.63, 3.8) is 0 Å². The topological polar surface area (TPSA) is 90.7 Å². The van der Waals surface area contributed by atoms with Gasteiger partial charge in [-0.05, 0) is 38.1 Å². The number of methoxy groups -OCH3 is 1. The number of rotatable bonds is 3. The number of benzene rings is 2. The molecule has 29 heavy (non-hydrogen) atoms. The first-order valence-electron chi connectivity index (χ1n) is 8.80. The summed E-state index contributed by atoms with van der Waals surface area (Å²) in [5, 5.41) is 22.1. The molecule has 3 aromatic rings. The third-order valence-corrected chi connectivity index (χ3v) is 4.76. The van der Waals surface area contributed by atoms with Gasteiger partial charge in [0.15, 0.2) is 0 Å². The van der Waals surface area contributed by atoms with Gasteiger partial charge >= 0.3 is 11.7 Å². The smallest absolute Gasteiger partial charge is 0.344 e. The van der Waals surface area contributed by atoms with Crippen molar-refractivity contribution in [2.75, 3.05) is 7.11 Å². The Morgan fingerprint density at radius 1 is 1.03 bits per heavy atom. The zero-order valence-corrected chi connectivity index (χ0v) is 15.5. The third kappa shape index (κ3) is 2.92. The van der Waals surface area contributed by atoms with Crippen molar-refractivity contribution in [3.8, 4) is 17.2 Å². The van der Waals surface area contributed by atoms with Crippen LogP contribution in [-0.2, 0) is 4.74 Å². The predicted molar refractivity (Wildman–Crippen MR) is 107 cm³/mol. The zero-order chi connectivity index (χ0) is 20.4. The van der Waals surface area contributed by atoms with Crippen LogP contribution >= 0.6 is 0 Å². The van der Waals surface area contributed by atoms with Crippen LogP contribution in [0.25, 0.3) is 22.4 Å². The van der Waals surface area contributed by atoms with E-state index in [2.05, 4.69) is 17.0 Å². The van der Waals surface area contributed by atoms with E-state index in [0.717, 1.165) is 22.3 Å². The number of hydrogen-bond donors (Lipinski definition) is 1. The molecule has 2 aromatic carbocycles. The molecule has 1 heterocycles. The minimum absolute atomic E-state index is 0.139. The number of fused-ring (bicyclic) bond motifs is 3. The van der Waals surface area contributed by atoms with Gasteiger partial charge in [-0.1, -0.05) is 48.5 Å². The van der Waals surface area contributed by atoms with E-state index in [0.29, 0.717) is 5.57 Å². The van der Waals surface area contributed by atoms with Crippen molar-refractivity contribution in [2.45, 2.75) is 0 Å². The number of carbonyl (C=O) groups excluding carboxylic acids is 1. The lowest BCUT2D eigenvalue weighted by molar-refractivity contribution is -0.643. The van der Waals surface area contributed by atoms with Crippen molar-refractivity contribution >= 4 is 23.1 Å². The van der Waals surface area contributed by atoms with Crippen LogP contribution in [-0.4, -0.2) is 24.0 Å². The largest absolute Gasteiger partial charge is 0.465 e. The van der Waals surface area contributed by atoms with E-state index < -0.39 is 5.97 Å². The van der Waals surface area contributed by atoms with Crippen LogP contribution < -0.4 is 4.68 Å². The van der Waals surface area contributed by atoms with E-state index >= 15 is 0 Å². The van der Waals surface area contributed by atoms with Crippen LogP contribution in [0.2, 0.25) is 0 Å². The zero-order valence-electron chi connectivity index (χ0n) is 15.5. The van der Waals surface area contributed by atoms with Crippen molar-refractivity contribution in [2.24, 2.45) is 0 Å². The van der Waals surface area contributed by atoms with Gasteiger partial charge in [0.25, 0.3) is 0 Å². The summed E-state index contributed by atoms with van der Waals surface area (Å²) < 4.78 is 6.05. The third-order valence-electron chi connectivity index (χ3n) is 4.76. The summed E-state index contributed by atoms with van der Waals surface area (Å²) >= 11 is 0. The van der Waals surface area contributed by atoms with Gasteiger partial charge in [-0.15, -0.1) is 0 Å². The second kappa shape index (κ2) is 7.35. The average molecular weight is 379 g/mol. The molecular formula is C23H15N4O2+. The van der Waals surface area contributed by atoms with Gasteiger partial charge in [-0.25, -0.2) is 4.79 Å². The molecule has 0 saturated carbocycles. The highest BCUT2D eigenvalue weighted by molar-refractivity contribution is 6.08. The summed E-state index contributed by atoms with van der Waals surface area (Å²) in [6, 6.07) is 19.4. The highest BCUT2D eigenvalue weighted by atomic mass is 16.5. The van der Waals surface area contributed by atoms with Gasteiger partial charge in [-0.2, -0.15) is 5.26 Å². The Labute approximate surface area is 167 Å². The molecule has 0 unspecified atom stereocenters. The minimum atomic E-state index is -0.534. The predicted octanol–water partition coefficient (Wildman–Crippen LogP) is 3.25. The standard InChI is InChI=1S/C23H15N4O2/c1-29-23(28)15-10-11-26-27(14-15)21(13-25)20(12-24)22-18-8-4-2-6-16(18)17-7-3-5-9-19(17)22/h2-11,14,25H,1H3/q+1. The van der Waals surface area contributed by atoms with Crippen molar-refractivity contribution in [1.29, 1.82) is 10.7 Å². The number of hydrogen-bond acceptors (Lipinski definition) is 5. The summed E-state index contributed by atoms with van der Waals surface area (Å²) in [7, 11) is 1.29. The molecule has 0 radical (unpaired) electrons. The molecule has 1 aromatic heterocycles. The van der Waals surface area contributed by atoms with E-state index in [1.807, 2.05) is 48.5 Å². The van der Waals surface area contributed by atoms with E-state index in [1.54, 1.807) is 0 Å². The first-order valence-corrected chi connectivity index (χ1v) is 8.80. The summed E-state index contributed by atoms with van der Waals surface area (Å²) in [6.45, 7) is 0. The molecule has 138 valence electrons. The van der Waals surface area contributed by atoms with E-state index in [-0.39, 0.29) is 16.8 Å². The molecule has 0 saturated heterocycles. The van der Waals surface area contributed by atoms with Crippen molar-refractivity contribution < 1.29 is 14.2 Å². The number of carbonyl (C=O) groups is 1. The summed E-state index contributed by atoms with van der Waals surface area (Å²) in [5.41, 5.74) is 5.21. The molecule has 0 bridgehead atoms. The van der Waals surface area contributed by atoms with Crippen LogP contribution in [0.1, 0.15) is 21.5 Å². The lowest BCUT2D eigenvalue weighted by Crippen LogP contribution is -2.38. The number of nitrogens with one attached hydrogen (secondary N) is 1. The maximum atomic E-state index is 11.9. The normalized spacial score (nSPS) is 11.0. The summed E-state index contributed by atoms with van der Waals surface area (Å²) in [5.74, 6) is 1.79. The average Bonchev–Trinajstić information content (AvgIpc) is 3.11. The van der Waals surface area contributed by atoms with Crippen LogP contribution in [0.3, 0.4) is 0 Å². The quantitative estimate of drug-likeness (QED) is 0.256. The Kier molecular flexibility index (Phi) is 4.58. The molecule has 1 aliphatic carbocycles. The van der Waals surface area contributed by atoms with Gasteiger partial charge in [0.05, 0.1) is 19.2 Å². The molecule has 1 N–H and O–H groups in total. The molecule has 6 nitrogen and oxygen atoms in total. The molecule has 0 spiro atoms. The monoisotopic (exact) mass is 379 g/mol. The number of esters is 1. The van der Waals surface area contributed by atoms with Crippen LogP contribution in [0, 0.1) is 16.7 Å². The fraction of sp³-hybridized carbons (Fsp3) is 0.0435. The number of nitrogens with zero attached hydrogens (tertiary/aromatic N) is 3. The number of allylic oxidation sites excluding steroid dienone is 2. The lowest BCUT2D eigenvalue weighted by atomic mass is 9.97. The van der Waals surface area contributed by atoms with Gasteiger partial charge in [0.1, 0.15) is 17.2 Å². The molecule has 6 heteroatoms. The molecular weight excluding hydrogens is 364 g/mol. The van der Waals surface area contributed by atoms with Gasteiger partial charge < -0.3 is 4.74 Å². The second-order valence-electron chi connectivity index (χ2n) is 6.28. The summed E-state index contributed by atoms with van der Waals surface area (Å²) in [4.78, 5) is 11.9. The first-order chi connectivity index (χ1) is 14.2. The van der Waals surface area contributed by atoms with Crippen LogP contribution in [0.15, 0.2) is 72.6 Å². The maximum Gasteiger partial charge on any atom is 0.344 e. The molecule has 1 aliphatic rings. The highest BCUT2D eigenvalue weighted by Crippen LogP contribution is 2.46. The fourth-order valence-electron chi connectivity index (χ4n) is 3.50. The Balaban J connectivity index is 1.98. The highest BCUT2D eigenvalue weighted by Gasteiger charge is 2.31. The second-order valence-corrected chi connectivity index (χ2v) is 6.28. The van der Waals surface area contributed by atoms with Crippen molar-refractivity contribution in [1.82, 2.24) is 5.10 Å². The number of nitriles is 1. The first kappa shape index (κ1) is 18.1. The molecule has 0 fully saturated rings. The van der Waals surface area contributed by atoms with E-state index in [9.17, 15) is 10.1 Å². The number of ether oxygens (including phenoxy) is 1. The Morgan fingerprint density at radius 2 is 1.62 bits per heavy atom. The van der Waals surface area contributed by atoms with Gasteiger partial charge in [0.2, 0.25) is 6.20 Å². The Morgan fingerprint density at radius 3 is 2.14 bits per heavy atom. The summed E-state index contributed by atoms with van der Waals surface area (Å²) in [6.07, 6.45) is 2.84. The Hall–Kier alpha value is -4.33. The lowest BCUT2D eigenvalue weighted by Gasteiger charge is -2.05. The molecule has 4 rings (SSSR count). The van der Waals surface area contributed by atoms with E-state index in [1.165, 1.54) is 30.3 Å². The van der Waals surface area contributed by atoms with Crippen LogP contribution in [0.4, 0.5) is 0 Å². The van der Waals surface area contributed by atoms with Crippen molar-refractivity contribution in [3.05, 3.63) is 89.3 Å². The molecule has 0 atom stereocenters. The maximum absolute atomic E-state index is 11.9. The molecule has 0 amide bonds. The van der Waals surface area contributed by atoms with E-state index in [4.69, 9.17) is 10.1 Å². The van der Waals surface area contributed by atoms with Crippen LogP contribution in [0.5, 0.6) is 0 Å². The fourth-order valence-corrected chi connectivity index (χ4v) is 3.50. The number of aromatic nitrogens is 2. The Bertz CT molecular complexity index is 1230.